The molecule has 0 spiro atoms. The Morgan fingerprint density at radius 2 is 1.79 bits per heavy atom. The first-order valence-corrected chi connectivity index (χ1v) is 13.2. The van der Waals surface area contributed by atoms with Crippen molar-refractivity contribution in [3.8, 4) is 17.0 Å². The van der Waals surface area contributed by atoms with Crippen LogP contribution in [-0.2, 0) is 6.61 Å². The SMILES string of the molecule is O=C(N/N=C\c1cccc(OCc2ccccc2F)c1)c1ccc(-c2csc(Nc3ccc(Cl)cc3)n2)cc1. The number of amides is 1. The Balaban J connectivity index is 1.15. The Bertz CT molecular complexity index is 1600. The second kappa shape index (κ2) is 12.3. The highest BCUT2D eigenvalue weighted by Crippen LogP contribution is 2.28. The number of anilines is 2. The second-order valence-corrected chi connectivity index (χ2v) is 9.69. The van der Waals surface area contributed by atoms with Gasteiger partial charge in [0.1, 0.15) is 18.2 Å². The number of ether oxygens (including phenoxy) is 1. The Labute approximate surface area is 233 Å². The molecule has 0 aliphatic rings. The van der Waals surface area contributed by atoms with Gasteiger partial charge in [0, 0.05) is 32.8 Å². The number of hydrogen-bond acceptors (Lipinski definition) is 6. The average Bonchev–Trinajstić information content (AvgIpc) is 3.43. The van der Waals surface area contributed by atoms with Crippen molar-refractivity contribution in [3.63, 3.8) is 0 Å². The van der Waals surface area contributed by atoms with E-state index in [0.717, 1.165) is 27.6 Å². The van der Waals surface area contributed by atoms with E-state index in [0.29, 0.717) is 21.9 Å². The number of hydrogen-bond donors (Lipinski definition) is 2. The van der Waals surface area contributed by atoms with Crippen LogP contribution < -0.4 is 15.5 Å². The number of benzene rings is 4. The largest absolute Gasteiger partial charge is 0.489 e. The van der Waals surface area contributed by atoms with Gasteiger partial charge in [-0.25, -0.2) is 14.8 Å². The van der Waals surface area contributed by atoms with E-state index in [2.05, 4.69) is 20.8 Å². The maximum absolute atomic E-state index is 13.8. The fourth-order valence-corrected chi connectivity index (χ4v) is 4.47. The molecule has 0 aliphatic heterocycles. The van der Waals surface area contributed by atoms with Crippen LogP contribution in [0.25, 0.3) is 11.3 Å². The van der Waals surface area contributed by atoms with Crippen LogP contribution in [0.2, 0.25) is 5.02 Å². The molecule has 1 heterocycles. The molecule has 39 heavy (non-hydrogen) atoms. The van der Waals surface area contributed by atoms with Gasteiger partial charge in [-0.3, -0.25) is 4.79 Å². The van der Waals surface area contributed by atoms with E-state index in [1.807, 2.05) is 47.8 Å². The Morgan fingerprint density at radius 1 is 1.00 bits per heavy atom. The zero-order valence-electron chi connectivity index (χ0n) is 20.5. The molecule has 0 atom stereocenters. The fraction of sp³-hybridized carbons (Fsp3) is 0.0333. The maximum atomic E-state index is 13.8. The predicted octanol–water partition coefficient (Wildman–Crippen LogP) is 7.69. The van der Waals surface area contributed by atoms with Gasteiger partial charge in [0.25, 0.3) is 5.91 Å². The molecular formula is C30H22ClFN4O2S. The molecule has 0 saturated heterocycles. The van der Waals surface area contributed by atoms with Crippen molar-refractivity contribution in [3.05, 3.63) is 130 Å². The van der Waals surface area contributed by atoms with E-state index in [-0.39, 0.29) is 18.3 Å². The molecule has 1 aromatic heterocycles. The monoisotopic (exact) mass is 556 g/mol. The van der Waals surface area contributed by atoms with E-state index in [1.54, 1.807) is 48.5 Å². The van der Waals surface area contributed by atoms with Crippen molar-refractivity contribution in [1.29, 1.82) is 0 Å². The minimum Gasteiger partial charge on any atom is -0.489 e. The van der Waals surface area contributed by atoms with Gasteiger partial charge >= 0.3 is 0 Å². The van der Waals surface area contributed by atoms with E-state index in [1.165, 1.54) is 23.6 Å². The van der Waals surface area contributed by atoms with Gasteiger partial charge in [0.2, 0.25) is 0 Å². The normalized spacial score (nSPS) is 10.9. The number of thiazole rings is 1. The summed E-state index contributed by atoms with van der Waals surface area (Å²) in [5, 5.41) is 10.7. The number of halogens is 2. The molecule has 2 N–H and O–H groups in total. The number of nitrogens with one attached hydrogen (secondary N) is 2. The minimum absolute atomic E-state index is 0.112. The van der Waals surface area contributed by atoms with Crippen LogP contribution in [-0.4, -0.2) is 17.1 Å². The van der Waals surface area contributed by atoms with Crippen molar-refractivity contribution in [1.82, 2.24) is 10.4 Å². The van der Waals surface area contributed by atoms with E-state index in [9.17, 15) is 9.18 Å². The number of aromatic nitrogens is 1. The molecule has 0 unspecified atom stereocenters. The summed E-state index contributed by atoms with van der Waals surface area (Å²) in [6.07, 6.45) is 1.52. The van der Waals surface area contributed by atoms with Gasteiger partial charge < -0.3 is 10.1 Å². The Morgan fingerprint density at radius 3 is 2.59 bits per heavy atom. The van der Waals surface area contributed by atoms with Crippen LogP contribution in [0.1, 0.15) is 21.5 Å². The minimum atomic E-state index is -0.340. The smallest absolute Gasteiger partial charge is 0.271 e. The molecule has 194 valence electrons. The molecule has 1 amide bonds. The molecule has 0 fully saturated rings. The molecule has 6 nitrogen and oxygen atoms in total. The van der Waals surface area contributed by atoms with Crippen LogP contribution in [0.15, 0.2) is 108 Å². The Hall–Kier alpha value is -4.53. The van der Waals surface area contributed by atoms with Crippen LogP contribution in [0.5, 0.6) is 5.75 Å². The van der Waals surface area contributed by atoms with E-state index >= 15 is 0 Å². The molecular weight excluding hydrogens is 535 g/mol. The van der Waals surface area contributed by atoms with Crippen molar-refractivity contribution in [2.24, 2.45) is 5.10 Å². The quantitative estimate of drug-likeness (QED) is 0.144. The van der Waals surface area contributed by atoms with Gasteiger partial charge in [0.05, 0.1) is 11.9 Å². The maximum Gasteiger partial charge on any atom is 0.271 e. The summed E-state index contributed by atoms with van der Waals surface area (Å²) >= 11 is 7.42. The number of carbonyl (C=O) groups excluding carboxylic acids is 1. The summed E-state index contributed by atoms with van der Waals surface area (Å²) < 4.78 is 19.5. The van der Waals surface area contributed by atoms with Crippen molar-refractivity contribution < 1.29 is 13.9 Å². The van der Waals surface area contributed by atoms with Crippen LogP contribution in [0.3, 0.4) is 0 Å². The number of hydrazone groups is 1. The zero-order chi connectivity index (χ0) is 27.0. The molecule has 5 aromatic rings. The molecule has 0 aliphatic carbocycles. The Kier molecular flexibility index (Phi) is 8.26. The van der Waals surface area contributed by atoms with Gasteiger partial charge in [0.15, 0.2) is 5.13 Å². The predicted molar refractivity (Wildman–Crippen MR) is 155 cm³/mol. The number of rotatable bonds is 9. The van der Waals surface area contributed by atoms with Crippen molar-refractivity contribution >= 4 is 45.9 Å². The molecule has 0 saturated carbocycles. The first kappa shape index (κ1) is 26.1. The first-order valence-electron chi connectivity index (χ1n) is 11.9. The van der Waals surface area contributed by atoms with Gasteiger partial charge in [-0.1, -0.05) is 54.1 Å². The van der Waals surface area contributed by atoms with Crippen LogP contribution in [0, 0.1) is 5.82 Å². The third-order valence-corrected chi connectivity index (χ3v) is 6.64. The molecule has 5 rings (SSSR count). The summed E-state index contributed by atoms with van der Waals surface area (Å²) in [5.74, 6) is -0.0840. The summed E-state index contributed by atoms with van der Waals surface area (Å²) in [6.45, 7) is 0.112. The van der Waals surface area contributed by atoms with Crippen molar-refractivity contribution in [2.75, 3.05) is 5.32 Å². The average molecular weight is 557 g/mol. The molecule has 9 heteroatoms. The zero-order valence-corrected chi connectivity index (χ0v) is 22.0. The molecule has 0 bridgehead atoms. The highest BCUT2D eigenvalue weighted by Gasteiger charge is 2.08. The lowest BCUT2D eigenvalue weighted by molar-refractivity contribution is 0.0955. The highest BCUT2D eigenvalue weighted by molar-refractivity contribution is 7.14. The first-order chi connectivity index (χ1) is 19.0. The second-order valence-electron chi connectivity index (χ2n) is 8.40. The number of nitrogens with zero attached hydrogens (tertiary/aromatic N) is 2. The lowest BCUT2D eigenvalue weighted by atomic mass is 10.1. The van der Waals surface area contributed by atoms with E-state index < -0.39 is 0 Å². The van der Waals surface area contributed by atoms with Crippen LogP contribution in [0.4, 0.5) is 15.2 Å². The highest BCUT2D eigenvalue weighted by atomic mass is 35.5. The van der Waals surface area contributed by atoms with Crippen molar-refractivity contribution in [2.45, 2.75) is 6.61 Å². The van der Waals surface area contributed by atoms with Gasteiger partial charge in [-0.15, -0.1) is 11.3 Å². The lowest BCUT2D eigenvalue weighted by Gasteiger charge is -2.07. The van der Waals surface area contributed by atoms with Gasteiger partial charge in [-0.05, 0) is 60.2 Å². The van der Waals surface area contributed by atoms with E-state index in [4.69, 9.17) is 16.3 Å². The summed E-state index contributed by atoms with van der Waals surface area (Å²) in [6, 6.07) is 28.2. The molecule has 0 radical (unpaired) electrons. The van der Waals surface area contributed by atoms with Gasteiger partial charge in [-0.2, -0.15) is 5.10 Å². The number of carbonyl (C=O) groups is 1. The fourth-order valence-electron chi connectivity index (χ4n) is 3.60. The topological polar surface area (TPSA) is 75.6 Å². The van der Waals surface area contributed by atoms with Crippen LogP contribution >= 0.6 is 22.9 Å². The summed E-state index contributed by atoms with van der Waals surface area (Å²) in [4.78, 5) is 17.2. The summed E-state index contributed by atoms with van der Waals surface area (Å²) in [5.41, 5.74) is 6.79. The lowest BCUT2D eigenvalue weighted by Crippen LogP contribution is -2.17. The standard InChI is InChI=1S/C30H22ClFN4O2S/c31-24-12-14-25(15-13-24)34-30-35-28(19-39-30)21-8-10-22(11-9-21)29(37)36-33-17-20-4-3-6-26(16-20)38-18-23-5-1-2-7-27(23)32/h1-17,19H,18H2,(H,34,35)(H,36,37)/b33-17-. The molecule has 4 aromatic carbocycles. The summed E-state index contributed by atoms with van der Waals surface area (Å²) in [7, 11) is 0. The third kappa shape index (κ3) is 7.07. The third-order valence-electron chi connectivity index (χ3n) is 5.63.